The van der Waals surface area contributed by atoms with Crippen LogP contribution in [0.25, 0.3) is 21.0 Å². The summed E-state index contributed by atoms with van der Waals surface area (Å²) < 4.78 is 3.02. The van der Waals surface area contributed by atoms with E-state index < -0.39 is 0 Å². The van der Waals surface area contributed by atoms with Gasteiger partial charge in [-0.15, -0.1) is 0 Å². The van der Waals surface area contributed by atoms with Gasteiger partial charge in [-0.2, -0.15) is 5.10 Å². The highest BCUT2D eigenvalue weighted by Crippen LogP contribution is 2.30. The Bertz CT molecular complexity index is 1370. The Morgan fingerprint density at radius 1 is 0.968 bits per heavy atom. The van der Waals surface area contributed by atoms with Gasteiger partial charge in [-0.05, 0) is 55.0 Å². The summed E-state index contributed by atoms with van der Waals surface area (Å²) in [4.78, 5) is 20.2. The number of hydrogen-bond donors (Lipinski definition) is 0. The Labute approximate surface area is 184 Å². The van der Waals surface area contributed by atoms with Crippen molar-refractivity contribution in [1.29, 1.82) is 0 Å². The minimum atomic E-state index is -0.0497. The molecule has 0 aliphatic heterocycles. The molecule has 0 radical (unpaired) electrons. The molecule has 0 spiro atoms. The van der Waals surface area contributed by atoms with Crippen LogP contribution in [0.3, 0.4) is 0 Å². The number of carbonyl (C=O) groups is 1. The zero-order valence-corrected chi connectivity index (χ0v) is 18.3. The lowest BCUT2D eigenvalue weighted by Crippen LogP contribution is -2.34. The fraction of sp³-hybridized carbons (Fsp3) is 0.160. The van der Waals surface area contributed by atoms with Crippen LogP contribution in [0, 0.1) is 13.8 Å². The Morgan fingerprint density at radius 2 is 1.74 bits per heavy atom. The second-order valence-electron chi connectivity index (χ2n) is 7.63. The van der Waals surface area contributed by atoms with Crippen LogP contribution in [-0.2, 0) is 6.54 Å². The molecule has 3 aromatic carbocycles. The van der Waals surface area contributed by atoms with Gasteiger partial charge < -0.3 is 0 Å². The lowest BCUT2D eigenvalue weighted by atomic mass is 10.1. The monoisotopic (exact) mass is 426 g/mol. The summed E-state index contributed by atoms with van der Waals surface area (Å²) in [6.45, 7) is 5.12. The Hall–Kier alpha value is -3.51. The number of fused-ring (bicyclic) bond motifs is 2. The average molecular weight is 427 g/mol. The molecule has 0 aliphatic carbocycles. The number of aromatic nitrogens is 3. The molecule has 6 heteroatoms. The molecule has 1 amide bonds. The van der Waals surface area contributed by atoms with Gasteiger partial charge in [0.2, 0.25) is 0 Å². The van der Waals surface area contributed by atoms with Crippen LogP contribution in [0.4, 0.5) is 5.13 Å². The normalized spacial score (nSPS) is 11.3. The third kappa shape index (κ3) is 3.82. The second-order valence-corrected chi connectivity index (χ2v) is 8.64. The van der Waals surface area contributed by atoms with Crippen molar-refractivity contribution in [3.63, 3.8) is 0 Å². The van der Waals surface area contributed by atoms with Gasteiger partial charge in [0.25, 0.3) is 5.91 Å². The van der Waals surface area contributed by atoms with E-state index in [1.807, 2.05) is 85.3 Å². The van der Waals surface area contributed by atoms with Crippen LogP contribution in [0.5, 0.6) is 0 Å². The zero-order chi connectivity index (χ0) is 21.4. The summed E-state index contributed by atoms with van der Waals surface area (Å²) in [5, 5.41) is 7.43. The molecular weight excluding hydrogens is 404 g/mol. The zero-order valence-electron chi connectivity index (χ0n) is 17.4. The lowest BCUT2D eigenvalue weighted by Gasteiger charge is -2.20. The maximum Gasteiger partial charge on any atom is 0.260 e. The predicted octanol–water partition coefficient (Wildman–Crippen LogP) is 5.61. The fourth-order valence-corrected chi connectivity index (χ4v) is 4.82. The van der Waals surface area contributed by atoms with Crippen molar-refractivity contribution < 1.29 is 4.79 Å². The second kappa shape index (κ2) is 7.96. The van der Waals surface area contributed by atoms with Crippen LogP contribution >= 0.6 is 11.3 Å². The minimum Gasteiger partial charge on any atom is -0.282 e. The van der Waals surface area contributed by atoms with Crippen LogP contribution in [0.1, 0.15) is 21.7 Å². The van der Waals surface area contributed by atoms with Gasteiger partial charge >= 0.3 is 0 Å². The number of aryl methyl sites for hydroxylation is 2. The minimum absolute atomic E-state index is 0.0497. The summed E-state index contributed by atoms with van der Waals surface area (Å²) >= 11 is 1.54. The largest absolute Gasteiger partial charge is 0.282 e. The predicted molar refractivity (Wildman–Crippen MR) is 127 cm³/mol. The summed E-state index contributed by atoms with van der Waals surface area (Å²) in [5.41, 5.74) is 3.63. The van der Waals surface area contributed by atoms with Crippen molar-refractivity contribution in [1.82, 2.24) is 14.8 Å². The lowest BCUT2D eigenvalue weighted by molar-refractivity contribution is 0.0986. The maximum absolute atomic E-state index is 13.6. The van der Waals surface area contributed by atoms with Gasteiger partial charge in [-0.3, -0.25) is 14.4 Å². The summed E-state index contributed by atoms with van der Waals surface area (Å²) in [5.74, 6) is -0.0497. The summed E-state index contributed by atoms with van der Waals surface area (Å²) in [6, 6.07) is 24.0. The SMILES string of the molecule is Cc1cc(C)n(CCN(C(=O)c2ccc3ccccc3c2)c2nc3ccccc3s2)n1. The van der Waals surface area contributed by atoms with E-state index in [0.29, 0.717) is 23.8 Å². The first-order chi connectivity index (χ1) is 15.1. The molecule has 5 rings (SSSR count). The number of anilines is 1. The Kier molecular flexibility index (Phi) is 5.00. The molecule has 31 heavy (non-hydrogen) atoms. The number of hydrogen-bond acceptors (Lipinski definition) is 4. The number of amides is 1. The molecule has 2 aromatic heterocycles. The highest BCUT2D eigenvalue weighted by molar-refractivity contribution is 7.22. The van der Waals surface area contributed by atoms with Gasteiger partial charge in [-0.1, -0.05) is 53.8 Å². The quantitative estimate of drug-likeness (QED) is 0.367. The van der Waals surface area contributed by atoms with Crippen molar-refractivity contribution in [3.05, 3.63) is 89.7 Å². The van der Waals surface area contributed by atoms with Crippen molar-refractivity contribution >= 4 is 43.4 Å². The molecule has 0 saturated carbocycles. The maximum atomic E-state index is 13.6. The molecule has 154 valence electrons. The van der Waals surface area contributed by atoms with Crippen LogP contribution in [0.2, 0.25) is 0 Å². The smallest absolute Gasteiger partial charge is 0.260 e. The average Bonchev–Trinajstić information content (AvgIpc) is 3.35. The first kappa shape index (κ1) is 19.5. The van der Waals surface area contributed by atoms with E-state index >= 15 is 0 Å². The molecule has 5 nitrogen and oxygen atoms in total. The molecule has 0 fully saturated rings. The van der Waals surface area contributed by atoms with Crippen LogP contribution in [-0.4, -0.2) is 27.2 Å². The molecule has 0 bridgehead atoms. The van der Waals surface area contributed by atoms with Gasteiger partial charge in [0, 0.05) is 17.8 Å². The first-order valence-electron chi connectivity index (χ1n) is 10.3. The van der Waals surface area contributed by atoms with Crippen LogP contribution in [0.15, 0.2) is 72.8 Å². The Morgan fingerprint density at radius 3 is 2.52 bits per heavy atom. The van der Waals surface area contributed by atoms with Crippen molar-refractivity contribution in [2.75, 3.05) is 11.4 Å². The van der Waals surface area contributed by atoms with E-state index in [-0.39, 0.29) is 5.91 Å². The molecule has 5 aromatic rings. The molecule has 0 N–H and O–H groups in total. The van der Waals surface area contributed by atoms with E-state index in [2.05, 4.69) is 11.2 Å². The summed E-state index contributed by atoms with van der Waals surface area (Å²) in [6.07, 6.45) is 0. The first-order valence-corrected chi connectivity index (χ1v) is 11.1. The number of thiazole rings is 1. The van der Waals surface area contributed by atoms with Gasteiger partial charge in [0.05, 0.1) is 22.5 Å². The van der Waals surface area contributed by atoms with Gasteiger partial charge in [0.1, 0.15) is 0 Å². The molecule has 0 saturated heterocycles. The van der Waals surface area contributed by atoms with E-state index in [0.717, 1.165) is 32.4 Å². The van der Waals surface area contributed by atoms with Crippen molar-refractivity contribution in [3.8, 4) is 0 Å². The highest BCUT2D eigenvalue weighted by Gasteiger charge is 2.22. The molecule has 2 heterocycles. The van der Waals surface area contributed by atoms with E-state index in [4.69, 9.17) is 4.98 Å². The molecular formula is C25H22N4OS. The third-order valence-electron chi connectivity index (χ3n) is 5.39. The number of benzene rings is 3. The summed E-state index contributed by atoms with van der Waals surface area (Å²) in [7, 11) is 0. The number of carbonyl (C=O) groups excluding carboxylic acids is 1. The molecule has 0 atom stereocenters. The van der Waals surface area contributed by atoms with Gasteiger partial charge in [0.15, 0.2) is 5.13 Å². The van der Waals surface area contributed by atoms with E-state index in [1.54, 1.807) is 16.2 Å². The van der Waals surface area contributed by atoms with Crippen molar-refractivity contribution in [2.45, 2.75) is 20.4 Å². The fourth-order valence-electron chi connectivity index (χ4n) is 3.83. The standard InChI is InChI=1S/C25H22N4OS/c1-17-15-18(2)29(27-17)14-13-28(25-26-22-9-5-6-10-23(22)31-25)24(30)21-12-11-19-7-3-4-8-20(19)16-21/h3-12,15-16H,13-14H2,1-2H3. The molecule has 0 aliphatic rings. The number of rotatable bonds is 5. The van der Waals surface area contributed by atoms with E-state index in [1.165, 1.54) is 0 Å². The van der Waals surface area contributed by atoms with Gasteiger partial charge in [-0.25, -0.2) is 4.98 Å². The molecule has 0 unspecified atom stereocenters. The van der Waals surface area contributed by atoms with E-state index in [9.17, 15) is 4.79 Å². The van der Waals surface area contributed by atoms with Crippen molar-refractivity contribution in [2.24, 2.45) is 0 Å². The number of nitrogens with zero attached hydrogens (tertiary/aromatic N) is 4. The highest BCUT2D eigenvalue weighted by atomic mass is 32.1. The topological polar surface area (TPSA) is 51.0 Å². The third-order valence-corrected chi connectivity index (χ3v) is 6.45. The number of para-hydroxylation sites is 1. The van der Waals surface area contributed by atoms with Crippen LogP contribution < -0.4 is 4.90 Å². The Balaban J connectivity index is 1.52.